The van der Waals surface area contributed by atoms with Crippen LogP contribution < -0.4 is 4.90 Å². The third-order valence-electron chi connectivity index (χ3n) is 5.16. The van der Waals surface area contributed by atoms with Crippen LogP contribution in [0.15, 0.2) is 66.9 Å². The summed E-state index contributed by atoms with van der Waals surface area (Å²) in [5.74, 6) is 0.274. The van der Waals surface area contributed by atoms with Crippen molar-refractivity contribution in [1.29, 1.82) is 0 Å². The molecule has 1 aliphatic rings. The molecule has 1 aliphatic heterocycles. The van der Waals surface area contributed by atoms with Crippen LogP contribution in [0.3, 0.4) is 0 Å². The van der Waals surface area contributed by atoms with E-state index in [4.69, 9.17) is 0 Å². The minimum absolute atomic E-state index is 0.0365. The number of benzene rings is 2. The molecule has 2 aromatic carbocycles. The number of carbonyl (C=O) groups is 2. The van der Waals surface area contributed by atoms with Gasteiger partial charge in [0.1, 0.15) is 6.54 Å². The third-order valence-corrected chi connectivity index (χ3v) is 5.16. The van der Waals surface area contributed by atoms with E-state index in [9.17, 15) is 9.59 Å². The molecule has 0 radical (unpaired) electrons. The SMILES string of the molecule is Cc1nc(-c2ccccc2)ncc1C(=O)N1CC(=O)N(c2ccccc2)CC1C. The van der Waals surface area contributed by atoms with Gasteiger partial charge in [0, 0.05) is 30.0 Å². The molecular weight excluding hydrogens is 364 g/mol. The van der Waals surface area contributed by atoms with Gasteiger partial charge in [-0.25, -0.2) is 9.97 Å². The smallest absolute Gasteiger partial charge is 0.258 e. The lowest BCUT2D eigenvalue weighted by atomic mass is 10.1. The first-order valence-electron chi connectivity index (χ1n) is 9.60. The predicted octanol–water partition coefficient (Wildman–Crippen LogP) is 3.33. The van der Waals surface area contributed by atoms with Gasteiger partial charge in [0.25, 0.3) is 5.91 Å². The van der Waals surface area contributed by atoms with Crippen molar-refractivity contribution in [3.05, 3.63) is 78.1 Å². The zero-order chi connectivity index (χ0) is 20.4. The molecule has 0 N–H and O–H groups in total. The number of aryl methyl sites for hydroxylation is 1. The Bertz CT molecular complexity index is 1040. The average Bonchev–Trinajstić information content (AvgIpc) is 2.76. The molecule has 0 aliphatic carbocycles. The molecule has 1 fully saturated rings. The molecule has 2 heterocycles. The van der Waals surface area contributed by atoms with Gasteiger partial charge in [-0.15, -0.1) is 0 Å². The normalized spacial score (nSPS) is 16.8. The Morgan fingerprint density at radius 1 is 1.03 bits per heavy atom. The molecule has 29 heavy (non-hydrogen) atoms. The zero-order valence-corrected chi connectivity index (χ0v) is 16.4. The Balaban J connectivity index is 1.55. The first-order valence-corrected chi connectivity index (χ1v) is 9.60. The highest BCUT2D eigenvalue weighted by Gasteiger charge is 2.34. The standard InChI is InChI=1S/C23H22N4O2/c1-16-14-27(19-11-7-4-8-12-19)21(28)15-26(16)23(29)20-13-24-22(25-17(20)2)18-9-5-3-6-10-18/h3-13,16H,14-15H2,1-2H3. The second kappa shape index (κ2) is 7.83. The maximum atomic E-state index is 13.1. The van der Waals surface area contributed by atoms with E-state index < -0.39 is 0 Å². The summed E-state index contributed by atoms with van der Waals surface area (Å²) in [7, 11) is 0. The lowest BCUT2D eigenvalue weighted by Crippen LogP contribution is -2.57. The molecular formula is C23H22N4O2. The first-order chi connectivity index (χ1) is 14.0. The van der Waals surface area contributed by atoms with Crippen LogP contribution in [0.1, 0.15) is 23.0 Å². The lowest BCUT2D eigenvalue weighted by Gasteiger charge is -2.39. The number of anilines is 1. The maximum absolute atomic E-state index is 13.1. The molecule has 4 rings (SSSR count). The fourth-order valence-electron chi connectivity index (χ4n) is 3.54. The van der Waals surface area contributed by atoms with Crippen molar-refractivity contribution in [2.24, 2.45) is 0 Å². The summed E-state index contributed by atoms with van der Waals surface area (Å²) in [6.07, 6.45) is 1.56. The molecule has 0 spiro atoms. The van der Waals surface area contributed by atoms with Gasteiger partial charge in [-0.1, -0.05) is 48.5 Å². The van der Waals surface area contributed by atoms with Crippen molar-refractivity contribution in [3.63, 3.8) is 0 Å². The van der Waals surface area contributed by atoms with E-state index in [1.165, 1.54) is 0 Å². The van der Waals surface area contributed by atoms with Gasteiger partial charge in [0.05, 0.1) is 11.3 Å². The van der Waals surface area contributed by atoms with Gasteiger partial charge < -0.3 is 9.80 Å². The average molecular weight is 386 g/mol. The van der Waals surface area contributed by atoms with E-state index in [0.29, 0.717) is 23.6 Å². The van der Waals surface area contributed by atoms with E-state index in [0.717, 1.165) is 11.3 Å². The molecule has 6 heteroatoms. The maximum Gasteiger partial charge on any atom is 0.258 e. The second-order valence-electron chi connectivity index (χ2n) is 7.18. The molecule has 146 valence electrons. The number of carbonyl (C=O) groups excluding carboxylic acids is 2. The highest BCUT2D eigenvalue weighted by atomic mass is 16.2. The number of hydrogen-bond donors (Lipinski definition) is 0. The van der Waals surface area contributed by atoms with Crippen molar-refractivity contribution < 1.29 is 9.59 Å². The number of piperazine rings is 1. The second-order valence-corrected chi connectivity index (χ2v) is 7.18. The lowest BCUT2D eigenvalue weighted by molar-refractivity contribution is -0.121. The van der Waals surface area contributed by atoms with Crippen molar-refractivity contribution >= 4 is 17.5 Å². The summed E-state index contributed by atoms with van der Waals surface area (Å²) in [4.78, 5) is 38.1. The van der Waals surface area contributed by atoms with Gasteiger partial charge >= 0.3 is 0 Å². The Kier molecular flexibility index (Phi) is 5.08. The molecule has 1 atom stereocenters. The summed E-state index contributed by atoms with van der Waals surface area (Å²) in [6, 6.07) is 19.1. The zero-order valence-electron chi connectivity index (χ0n) is 16.4. The highest BCUT2D eigenvalue weighted by molar-refractivity contribution is 6.02. The largest absolute Gasteiger partial charge is 0.325 e. The summed E-state index contributed by atoms with van der Waals surface area (Å²) in [5.41, 5.74) is 2.78. The van der Waals surface area contributed by atoms with Crippen LogP contribution >= 0.6 is 0 Å². The Morgan fingerprint density at radius 2 is 1.69 bits per heavy atom. The molecule has 1 unspecified atom stereocenters. The topological polar surface area (TPSA) is 66.4 Å². The summed E-state index contributed by atoms with van der Waals surface area (Å²) in [6.45, 7) is 4.24. The van der Waals surface area contributed by atoms with Crippen LogP contribution in [0, 0.1) is 6.92 Å². The summed E-state index contributed by atoms with van der Waals surface area (Å²) in [5, 5.41) is 0. The minimum Gasteiger partial charge on any atom is -0.325 e. The molecule has 2 amide bonds. The number of nitrogens with zero attached hydrogens (tertiary/aromatic N) is 4. The molecule has 6 nitrogen and oxygen atoms in total. The van der Waals surface area contributed by atoms with Crippen LogP contribution in [0.5, 0.6) is 0 Å². The number of aromatic nitrogens is 2. The first kappa shape index (κ1) is 18.8. The predicted molar refractivity (Wildman–Crippen MR) is 111 cm³/mol. The number of amides is 2. The summed E-state index contributed by atoms with van der Waals surface area (Å²) < 4.78 is 0. The van der Waals surface area contributed by atoms with Gasteiger partial charge in [0.2, 0.25) is 5.91 Å². The van der Waals surface area contributed by atoms with Gasteiger partial charge in [-0.3, -0.25) is 9.59 Å². The Labute approximate surface area is 169 Å². The number of rotatable bonds is 3. The van der Waals surface area contributed by atoms with Crippen LogP contribution in [0.25, 0.3) is 11.4 Å². The molecule has 0 saturated carbocycles. The summed E-state index contributed by atoms with van der Waals surface area (Å²) >= 11 is 0. The van der Waals surface area contributed by atoms with Gasteiger partial charge in [0.15, 0.2) is 5.82 Å². The third kappa shape index (κ3) is 3.74. The van der Waals surface area contributed by atoms with E-state index in [2.05, 4.69) is 9.97 Å². The van der Waals surface area contributed by atoms with Gasteiger partial charge in [-0.2, -0.15) is 0 Å². The Morgan fingerprint density at radius 3 is 2.34 bits per heavy atom. The monoisotopic (exact) mass is 386 g/mol. The van der Waals surface area contributed by atoms with Crippen molar-refractivity contribution in [1.82, 2.24) is 14.9 Å². The van der Waals surface area contributed by atoms with Gasteiger partial charge in [-0.05, 0) is 26.0 Å². The fourth-order valence-corrected chi connectivity index (χ4v) is 3.54. The molecule has 1 aromatic heterocycles. The number of hydrogen-bond acceptors (Lipinski definition) is 4. The van der Waals surface area contributed by atoms with Crippen molar-refractivity contribution in [2.45, 2.75) is 19.9 Å². The van der Waals surface area contributed by atoms with E-state index in [1.807, 2.05) is 67.6 Å². The van der Waals surface area contributed by atoms with Crippen LogP contribution in [-0.2, 0) is 4.79 Å². The van der Waals surface area contributed by atoms with Crippen molar-refractivity contribution in [2.75, 3.05) is 18.0 Å². The van der Waals surface area contributed by atoms with Crippen LogP contribution in [0.2, 0.25) is 0 Å². The van der Waals surface area contributed by atoms with Crippen LogP contribution in [0.4, 0.5) is 5.69 Å². The van der Waals surface area contributed by atoms with Crippen LogP contribution in [-0.4, -0.2) is 45.8 Å². The van der Waals surface area contributed by atoms with E-state index >= 15 is 0 Å². The molecule has 0 bridgehead atoms. The van der Waals surface area contributed by atoms with Crippen molar-refractivity contribution in [3.8, 4) is 11.4 Å². The molecule has 3 aromatic rings. The molecule has 1 saturated heterocycles. The number of para-hydroxylation sites is 1. The van der Waals surface area contributed by atoms with E-state index in [1.54, 1.807) is 22.9 Å². The minimum atomic E-state index is -0.212. The van der Waals surface area contributed by atoms with E-state index in [-0.39, 0.29) is 24.4 Å². The highest BCUT2D eigenvalue weighted by Crippen LogP contribution is 2.22. The fraction of sp³-hybridized carbons (Fsp3) is 0.217. The quantitative estimate of drug-likeness (QED) is 0.693. The Hall–Kier alpha value is -3.54.